The zero-order valence-corrected chi connectivity index (χ0v) is 18.9. The van der Waals surface area contributed by atoms with Crippen molar-refractivity contribution < 1.29 is 14.3 Å². The number of thiazole rings is 1. The number of amides is 2. The monoisotopic (exact) mass is 485 g/mol. The second kappa shape index (κ2) is 8.57. The fraction of sp³-hybridized carbons (Fsp3) is 0.227. The Kier molecular flexibility index (Phi) is 5.87. The number of rotatable bonds is 5. The van der Waals surface area contributed by atoms with E-state index in [9.17, 15) is 9.59 Å². The number of aryl methyl sites for hydroxylation is 1. The van der Waals surface area contributed by atoms with Gasteiger partial charge in [-0.2, -0.15) is 0 Å². The number of halogens is 1. The zero-order chi connectivity index (χ0) is 21.3. The number of aromatic nitrogens is 1. The normalized spacial score (nSPS) is 15.5. The first-order chi connectivity index (χ1) is 14.4. The van der Waals surface area contributed by atoms with E-state index in [4.69, 9.17) is 4.74 Å². The van der Waals surface area contributed by atoms with Crippen molar-refractivity contribution in [3.05, 3.63) is 57.3 Å². The van der Waals surface area contributed by atoms with Crippen LogP contribution in [0.15, 0.2) is 52.3 Å². The summed E-state index contributed by atoms with van der Waals surface area (Å²) in [5.74, 6) is 0.0967. The highest BCUT2D eigenvalue weighted by Gasteiger charge is 2.34. The quantitative estimate of drug-likeness (QED) is 0.550. The Balaban J connectivity index is 1.63. The zero-order valence-electron chi connectivity index (χ0n) is 16.5. The molecule has 1 aliphatic rings. The van der Waals surface area contributed by atoms with Crippen molar-refractivity contribution in [3.8, 4) is 17.0 Å². The summed E-state index contributed by atoms with van der Waals surface area (Å²) in [5, 5.41) is 5.78. The molecule has 1 atom stereocenters. The number of ether oxygens (including phenoxy) is 1. The van der Waals surface area contributed by atoms with Gasteiger partial charge in [0.15, 0.2) is 6.10 Å². The molecule has 3 aromatic rings. The third-order valence-electron chi connectivity index (χ3n) is 4.78. The molecule has 0 radical (unpaired) electrons. The van der Waals surface area contributed by atoms with Gasteiger partial charge in [-0.05, 0) is 55.8 Å². The van der Waals surface area contributed by atoms with E-state index >= 15 is 0 Å². The average molecular weight is 486 g/mol. The fourth-order valence-corrected chi connectivity index (χ4v) is 4.16. The number of benzene rings is 2. The first-order valence-corrected chi connectivity index (χ1v) is 11.2. The number of hydrogen-bond donors (Lipinski definition) is 1. The maximum Gasteiger partial charge on any atom is 0.268 e. The summed E-state index contributed by atoms with van der Waals surface area (Å²) in [6.45, 7) is 3.74. The van der Waals surface area contributed by atoms with Gasteiger partial charge in [0.05, 0.1) is 16.4 Å². The summed E-state index contributed by atoms with van der Waals surface area (Å²) in [4.78, 5) is 31.7. The van der Waals surface area contributed by atoms with Gasteiger partial charge in [0, 0.05) is 21.1 Å². The Morgan fingerprint density at radius 3 is 2.70 bits per heavy atom. The van der Waals surface area contributed by atoms with Crippen LogP contribution in [0.3, 0.4) is 0 Å². The van der Waals surface area contributed by atoms with Gasteiger partial charge in [-0.25, -0.2) is 4.98 Å². The fourth-order valence-electron chi connectivity index (χ4n) is 3.28. The molecule has 1 aliphatic heterocycles. The van der Waals surface area contributed by atoms with Crippen LogP contribution in [-0.4, -0.2) is 29.4 Å². The predicted molar refractivity (Wildman–Crippen MR) is 122 cm³/mol. The molecular formula is C22H20BrN3O3S. The maximum absolute atomic E-state index is 13.0. The topological polar surface area (TPSA) is 71.5 Å². The lowest BCUT2D eigenvalue weighted by molar-refractivity contribution is -0.128. The lowest BCUT2D eigenvalue weighted by atomic mass is 10.1. The first kappa shape index (κ1) is 20.6. The van der Waals surface area contributed by atoms with Gasteiger partial charge in [0.1, 0.15) is 12.3 Å². The van der Waals surface area contributed by atoms with Gasteiger partial charge < -0.3 is 10.1 Å². The summed E-state index contributed by atoms with van der Waals surface area (Å²) in [6.07, 6.45) is -0.0822. The van der Waals surface area contributed by atoms with Gasteiger partial charge in [0.2, 0.25) is 5.91 Å². The summed E-state index contributed by atoms with van der Waals surface area (Å²) in [5.41, 5.74) is 2.97. The van der Waals surface area contributed by atoms with Crippen LogP contribution in [0.1, 0.15) is 18.4 Å². The molecular weight excluding hydrogens is 466 g/mol. The van der Waals surface area contributed by atoms with E-state index < -0.39 is 6.10 Å². The lowest BCUT2D eigenvalue weighted by Crippen LogP contribution is -2.48. The van der Waals surface area contributed by atoms with Crippen LogP contribution in [0.4, 0.5) is 11.4 Å². The molecule has 1 aromatic heterocycles. The van der Waals surface area contributed by atoms with Crippen LogP contribution in [0.5, 0.6) is 5.75 Å². The predicted octanol–water partition coefficient (Wildman–Crippen LogP) is 5.02. The molecule has 4 rings (SSSR count). The Hall–Kier alpha value is -2.71. The van der Waals surface area contributed by atoms with Gasteiger partial charge >= 0.3 is 0 Å². The molecule has 0 spiro atoms. The van der Waals surface area contributed by atoms with Gasteiger partial charge in [-0.15, -0.1) is 11.3 Å². The highest BCUT2D eigenvalue weighted by atomic mass is 79.9. The van der Waals surface area contributed by atoms with Crippen LogP contribution in [0.25, 0.3) is 11.3 Å². The summed E-state index contributed by atoms with van der Waals surface area (Å²) in [7, 11) is 0. The minimum absolute atomic E-state index is 0.0959. The number of nitrogens with zero attached hydrogens (tertiary/aromatic N) is 2. The molecule has 0 saturated carbocycles. The molecule has 8 heteroatoms. The highest BCUT2D eigenvalue weighted by molar-refractivity contribution is 9.10. The molecule has 2 aromatic carbocycles. The Labute approximate surface area is 187 Å². The minimum Gasteiger partial charge on any atom is -0.478 e. The van der Waals surface area contributed by atoms with Crippen molar-refractivity contribution in [2.45, 2.75) is 26.4 Å². The molecule has 2 heterocycles. The average Bonchev–Trinajstić information content (AvgIpc) is 3.17. The molecule has 0 fully saturated rings. The van der Waals surface area contributed by atoms with E-state index in [1.807, 2.05) is 49.6 Å². The third-order valence-corrected chi connectivity index (χ3v) is 6.08. The molecule has 1 unspecified atom stereocenters. The third kappa shape index (κ3) is 4.24. The molecule has 0 bridgehead atoms. The van der Waals surface area contributed by atoms with Crippen molar-refractivity contribution in [1.82, 2.24) is 4.98 Å². The number of anilines is 2. The summed E-state index contributed by atoms with van der Waals surface area (Å²) < 4.78 is 6.81. The Morgan fingerprint density at radius 1 is 1.27 bits per heavy atom. The SMILES string of the molecule is CCC1Oc2ccc(-c3csc(C)n3)cc2N(CC(=O)Nc2ccc(Br)cc2)C1=O. The van der Waals surface area contributed by atoms with Crippen molar-refractivity contribution in [2.75, 3.05) is 16.8 Å². The van der Waals surface area contributed by atoms with E-state index in [0.29, 0.717) is 23.5 Å². The minimum atomic E-state index is -0.606. The van der Waals surface area contributed by atoms with E-state index in [1.54, 1.807) is 23.5 Å². The largest absolute Gasteiger partial charge is 0.478 e. The highest BCUT2D eigenvalue weighted by Crippen LogP contribution is 2.38. The lowest BCUT2D eigenvalue weighted by Gasteiger charge is -2.34. The van der Waals surface area contributed by atoms with Crippen LogP contribution < -0.4 is 15.0 Å². The molecule has 30 heavy (non-hydrogen) atoms. The smallest absolute Gasteiger partial charge is 0.268 e. The molecule has 154 valence electrons. The number of nitrogens with one attached hydrogen (secondary N) is 1. The van der Waals surface area contributed by atoms with E-state index in [1.165, 1.54) is 4.90 Å². The van der Waals surface area contributed by atoms with Crippen LogP contribution in [0, 0.1) is 6.92 Å². The molecule has 6 nitrogen and oxygen atoms in total. The van der Waals surface area contributed by atoms with Crippen molar-refractivity contribution in [1.29, 1.82) is 0 Å². The maximum atomic E-state index is 13.0. The van der Waals surface area contributed by atoms with Gasteiger partial charge in [-0.1, -0.05) is 22.9 Å². The molecule has 0 saturated heterocycles. The van der Waals surface area contributed by atoms with Crippen LogP contribution >= 0.6 is 27.3 Å². The van der Waals surface area contributed by atoms with Crippen LogP contribution in [-0.2, 0) is 9.59 Å². The molecule has 1 N–H and O–H groups in total. The van der Waals surface area contributed by atoms with Gasteiger partial charge in [0.25, 0.3) is 5.91 Å². The summed E-state index contributed by atoms with van der Waals surface area (Å²) >= 11 is 4.94. The summed E-state index contributed by atoms with van der Waals surface area (Å²) in [6, 6.07) is 12.9. The standard InChI is InChI=1S/C22H20BrN3O3S/c1-3-19-22(28)26(11-21(27)25-16-7-5-15(23)6-8-16)18-10-14(4-9-20(18)29-19)17-12-30-13(2)24-17/h4-10,12,19H,3,11H2,1-2H3,(H,25,27). The molecule has 0 aliphatic carbocycles. The van der Waals surface area contributed by atoms with Gasteiger partial charge in [-0.3, -0.25) is 14.5 Å². The number of carbonyl (C=O) groups is 2. The van der Waals surface area contributed by atoms with Crippen molar-refractivity contribution in [3.63, 3.8) is 0 Å². The van der Waals surface area contributed by atoms with Crippen molar-refractivity contribution >= 4 is 50.5 Å². The number of fused-ring (bicyclic) bond motifs is 1. The Morgan fingerprint density at radius 2 is 2.03 bits per heavy atom. The van der Waals surface area contributed by atoms with Crippen molar-refractivity contribution in [2.24, 2.45) is 0 Å². The van der Waals surface area contributed by atoms with Crippen LogP contribution in [0.2, 0.25) is 0 Å². The number of hydrogen-bond acceptors (Lipinski definition) is 5. The second-order valence-electron chi connectivity index (χ2n) is 6.93. The second-order valence-corrected chi connectivity index (χ2v) is 8.91. The van der Waals surface area contributed by atoms with E-state index in [0.717, 1.165) is 20.7 Å². The van der Waals surface area contributed by atoms with E-state index in [2.05, 4.69) is 26.2 Å². The molecule has 2 amide bonds. The van der Waals surface area contributed by atoms with E-state index in [-0.39, 0.29) is 18.4 Å². The Bertz CT molecular complexity index is 1100. The first-order valence-electron chi connectivity index (χ1n) is 9.54. The number of carbonyl (C=O) groups excluding carboxylic acids is 2.